The molecule has 0 aromatic heterocycles. The van der Waals surface area contributed by atoms with Crippen LogP contribution in [0.2, 0.25) is 10.0 Å². The first-order valence-corrected chi connectivity index (χ1v) is 27.7. The molecule has 436 valence electrons. The molecular weight excluding hydrogens is 1130 g/mol. The molecule has 22 heteroatoms. The van der Waals surface area contributed by atoms with E-state index >= 15 is 0 Å². The number of ether oxygens (including phenoxy) is 2. The van der Waals surface area contributed by atoms with Crippen molar-refractivity contribution >= 4 is 69.9 Å². The minimum Gasteiger partial charge on any atom is -0.493 e. The van der Waals surface area contributed by atoms with Crippen LogP contribution < -0.4 is 9.47 Å². The highest BCUT2D eigenvalue weighted by Crippen LogP contribution is 2.40. The van der Waals surface area contributed by atoms with Crippen LogP contribution in [0.5, 0.6) is 11.5 Å². The number of benzene rings is 6. The number of ketones is 2. The molecule has 18 nitrogen and oxygen atoms in total. The van der Waals surface area contributed by atoms with Crippen LogP contribution in [0.25, 0.3) is 0 Å². The van der Waals surface area contributed by atoms with E-state index in [1.54, 1.807) is 72.8 Å². The highest BCUT2D eigenvalue weighted by atomic mass is 35.5. The van der Waals surface area contributed by atoms with Gasteiger partial charge in [-0.2, -0.15) is 0 Å². The smallest absolute Gasteiger partial charge is 0.335 e. The number of carboxylic acids is 2. The summed E-state index contributed by atoms with van der Waals surface area (Å²) in [5.41, 5.74) is 4.98. The van der Waals surface area contributed by atoms with Gasteiger partial charge in [0.05, 0.1) is 45.8 Å². The number of aliphatic hydroxyl groups is 2. The van der Waals surface area contributed by atoms with Gasteiger partial charge in [-0.25, -0.2) is 18.4 Å². The van der Waals surface area contributed by atoms with Crippen LogP contribution >= 0.6 is 23.2 Å². The second-order valence-electron chi connectivity index (χ2n) is 20.0. The molecule has 4 N–H and O–H groups in total. The number of carbonyl (C=O) groups excluding carboxylic acids is 4. The maximum absolute atomic E-state index is 14.6. The van der Waals surface area contributed by atoms with Crippen molar-refractivity contribution in [3.63, 3.8) is 0 Å². The van der Waals surface area contributed by atoms with E-state index in [1.807, 2.05) is 0 Å². The largest absolute Gasteiger partial charge is 0.493 e. The molecule has 0 spiro atoms. The van der Waals surface area contributed by atoms with Crippen LogP contribution in [-0.4, -0.2) is 129 Å². The molecule has 0 aliphatic carbocycles. The number of halogens is 4. The van der Waals surface area contributed by atoms with Crippen LogP contribution in [0, 0.1) is 11.6 Å². The summed E-state index contributed by atoms with van der Waals surface area (Å²) in [7, 11) is 0. The fraction of sp³-hybridized carbons (Fsp3) is 0.290. The van der Waals surface area contributed by atoms with Crippen molar-refractivity contribution in [1.29, 1.82) is 0 Å². The van der Waals surface area contributed by atoms with Gasteiger partial charge in [0.2, 0.25) is 12.2 Å². The minimum absolute atomic E-state index is 0.00131. The van der Waals surface area contributed by atoms with Gasteiger partial charge in [0.15, 0.2) is 23.2 Å². The van der Waals surface area contributed by atoms with E-state index in [-0.39, 0.29) is 107 Å². The van der Waals surface area contributed by atoms with E-state index < -0.39 is 59.7 Å². The Morgan fingerprint density at radius 2 is 0.929 bits per heavy atom. The molecule has 84 heavy (non-hydrogen) atoms. The van der Waals surface area contributed by atoms with Crippen molar-refractivity contribution in [3.05, 3.63) is 199 Å². The first kappa shape index (κ1) is 60.0. The number of fused-ring (bicyclic) bond motifs is 2. The molecule has 6 aromatic carbocycles. The molecule has 0 radical (unpaired) electrons. The van der Waals surface area contributed by atoms with E-state index in [9.17, 15) is 47.8 Å². The van der Waals surface area contributed by atoms with Gasteiger partial charge in [0, 0.05) is 87.1 Å². The third kappa shape index (κ3) is 13.4. The number of carbonyl (C=O) groups is 6. The summed E-state index contributed by atoms with van der Waals surface area (Å²) < 4.78 is 41.0. The van der Waals surface area contributed by atoms with Crippen molar-refractivity contribution in [2.45, 2.75) is 75.7 Å². The number of nitrogens with zero attached hydrogens (tertiary/aromatic N) is 4. The van der Waals surface area contributed by atoms with Crippen LogP contribution in [0.15, 0.2) is 132 Å². The number of aromatic carboxylic acids is 2. The summed E-state index contributed by atoms with van der Waals surface area (Å²) in [6, 6.07) is 29.7. The minimum atomic E-state index is -1.07. The number of amides is 2. The van der Waals surface area contributed by atoms with Crippen molar-refractivity contribution in [2.75, 3.05) is 39.5 Å². The molecule has 2 amide bonds. The van der Waals surface area contributed by atoms with Gasteiger partial charge in [-0.1, -0.05) is 94.2 Å². The van der Waals surface area contributed by atoms with Crippen molar-refractivity contribution in [3.8, 4) is 11.5 Å². The fourth-order valence-electron chi connectivity index (χ4n) is 10.5. The van der Waals surface area contributed by atoms with Gasteiger partial charge in [0.25, 0.3) is 11.8 Å². The summed E-state index contributed by atoms with van der Waals surface area (Å²) in [6.45, 7) is 0.927. The Morgan fingerprint density at radius 1 is 0.548 bits per heavy atom. The molecule has 4 aliphatic rings. The van der Waals surface area contributed by atoms with E-state index in [0.29, 0.717) is 72.6 Å². The molecule has 0 unspecified atom stereocenters. The molecule has 4 atom stereocenters. The van der Waals surface area contributed by atoms with Crippen LogP contribution in [0.1, 0.15) is 103 Å². The van der Waals surface area contributed by atoms with Crippen molar-refractivity contribution in [2.24, 2.45) is 10.3 Å². The first-order valence-electron chi connectivity index (χ1n) is 26.9. The zero-order chi connectivity index (χ0) is 59.6. The quantitative estimate of drug-likeness (QED) is 0.0522. The molecule has 0 fully saturated rings. The predicted molar refractivity (Wildman–Crippen MR) is 303 cm³/mol. The van der Waals surface area contributed by atoms with Gasteiger partial charge in [-0.05, 0) is 95.8 Å². The number of carboxylic acid groups (broad SMARTS) is 2. The first-order chi connectivity index (χ1) is 40.6. The van der Waals surface area contributed by atoms with E-state index in [0.717, 1.165) is 11.1 Å². The van der Waals surface area contributed by atoms with Gasteiger partial charge >= 0.3 is 11.9 Å². The van der Waals surface area contributed by atoms with Gasteiger partial charge < -0.3 is 49.4 Å². The Balaban J connectivity index is 0.000000202. The molecule has 0 bridgehead atoms. The number of aliphatic hydroxyl groups excluding tert-OH is 2. The molecule has 0 saturated carbocycles. The number of hydrogen-bond acceptors (Lipinski definition) is 14. The van der Waals surface area contributed by atoms with Gasteiger partial charge in [0.1, 0.15) is 23.6 Å². The Kier molecular flexibility index (Phi) is 19.5. The lowest BCUT2D eigenvalue weighted by atomic mass is 9.87. The summed E-state index contributed by atoms with van der Waals surface area (Å²) in [4.78, 5) is 91.9. The Hall–Kier alpha value is -8.56. The lowest BCUT2D eigenvalue weighted by Crippen LogP contribution is -2.48. The second-order valence-corrected chi connectivity index (χ2v) is 20.8. The number of Topliss-reactive ketones (excluding diaryl/α,β-unsaturated/α-hetero) is 2. The Morgan fingerprint density at radius 3 is 1.30 bits per heavy atom. The normalized spacial score (nSPS) is 17.7. The van der Waals surface area contributed by atoms with Crippen molar-refractivity contribution in [1.82, 2.24) is 9.80 Å². The monoisotopic (exact) mass is 1190 g/mol. The molecular formula is C62H56Cl2F2N4O14. The van der Waals surface area contributed by atoms with E-state index in [4.69, 9.17) is 52.6 Å². The maximum atomic E-state index is 14.6. The molecule has 10 rings (SSSR count). The van der Waals surface area contributed by atoms with E-state index in [1.165, 1.54) is 58.3 Å². The third-order valence-corrected chi connectivity index (χ3v) is 15.2. The summed E-state index contributed by atoms with van der Waals surface area (Å²) >= 11 is 11.8. The highest BCUT2D eigenvalue weighted by molar-refractivity contribution is 6.31. The lowest BCUT2D eigenvalue weighted by Gasteiger charge is -2.38. The molecule has 0 saturated heterocycles. The molecule has 4 aliphatic heterocycles. The Bertz CT molecular complexity index is 3320. The molecule has 4 heterocycles. The van der Waals surface area contributed by atoms with Crippen LogP contribution in [-0.2, 0) is 54.5 Å². The summed E-state index contributed by atoms with van der Waals surface area (Å²) in [5.74, 6) is -3.78. The van der Waals surface area contributed by atoms with E-state index in [2.05, 4.69) is 10.3 Å². The van der Waals surface area contributed by atoms with Crippen LogP contribution in [0.3, 0.4) is 0 Å². The molecule has 6 aromatic rings. The summed E-state index contributed by atoms with van der Waals surface area (Å²) in [6.07, 6.45) is -0.511. The fourth-order valence-corrected chi connectivity index (χ4v) is 10.8. The number of hydrogen-bond donors (Lipinski definition) is 4. The predicted octanol–water partition coefficient (Wildman–Crippen LogP) is 8.74. The van der Waals surface area contributed by atoms with Crippen LogP contribution in [0.4, 0.5) is 8.78 Å². The second kappa shape index (κ2) is 27.2. The average molecular weight is 1190 g/mol. The summed E-state index contributed by atoms with van der Waals surface area (Å²) in [5, 5.41) is 44.5. The standard InChI is InChI=1S/2C31H28ClFN2O7/c2*32-23-6-1-5-22(28(23)33)24-17-27(42-34-24)30(38)35-13-12-20-21(4-2-7-26(20)41-15-3-14-36)29(35)25(37)16-18-8-10-19(11-9-18)31(39)40/h2*1-2,4-11,27,29,36H,3,12-17H2,(H,39,40)/t27-,29+;27-,29-/m11/s1. The van der Waals surface area contributed by atoms with Gasteiger partial charge in [-0.15, -0.1) is 0 Å². The number of oxime groups is 2. The van der Waals surface area contributed by atoms with Crippen molar-refractivity contribution < 1.29 is 77.1 Å². The zero-order valence-electron chi connectivity index (χ0n) is 44.9. The number of rotatable bonds is 20. The maximum Gasteiger partial charge on any atom is 0.335 e. The SMILES string of the molecule is O=C(O)c1ccc(CC(=O)[C@@H]2c3cccc(OCCCO)c3CCN2C(=O)[C@H]2CC(c3cccc(Cl)c3F)=NO2)cc1.O=C(O)c1ccc(CC(=O)[C@H]2c3cccc(OCCCO)c3CCN2C(=O)[C@H]2CC(c3cccc(Cl)c3F)=NO2)cc1. The average Bonchev–Trinajstić information content (AvgIpc) is 2.57. The third-order valence-electron chi connectivity index (χ3n) is 14.6. The lowest BCUT2D eigenvalue weighted by molar-refractivity contribution is -0.149. The highest BCUT2D eigenvalue weighted by Gasteiger charge is 2.44. The Labute approximate surface area is 490 Å². The zero-order valence-corrected chi connectivity index (χ0v) is 46.4. The van der Waals surface area contributed by atoms with Gasteiger partial charge in [-0.3, -0.25) is 19.2 Å². The topological polar surface area (TPSA) is 251 Å².